The van der Waals surface area contributed by atoms with Gasteiger partial charge in [-0.2, -0.15) is 0 Å². The van der Waals surface area contributed by atoms with E-state index in [1.807, 2.05) is 74.5 Å². The normalized spacial score (nSPS) is 14.2. The summed E-state index contributed by atoms with van der Waals surface area (Å²) in [7, 11) is 0. The van der Waals surface area contributed by atoms with Crippen LogP contribution in [0.15, 0.2) is 121 Å². The molecule has 0 unspecified atom stereocenters. The van der Waals surface area contributed by atoms with Crippen LogP contribution in [0.2, 0.25) is 0 Å². The van der Waals surface area contributed by atoms with Crippen molar-refractivity contribution in [2.24, 2.45) is 0 Å². The number of aliphatic hydroxyl groups is 1. The van der Waals surface area contributed by atoms with Crippen LogP contribution in [0.5, 0.6) is 0 Å². The monoisotopic (exact) mass is 646 g/mol. The molecule has 48 heavy (non-hydrogen) atoms. The first kappa shape index (κ1) is 34.2. The van der Waals surface area contributed by atoms with Crippen LogP contribution in [-0.2, 0) is 18.9 Å². The van der Waals surface area contributed by atoms with E-state index >= 15 is 0 Å². The first-order valence-corrected chi connectivity index (χ1v) is 16.4. The van der Waals surface area contributed by atoms with E-state index in [4.69, 9.17) is 24.1 Å². The summed E-state index contributed by atoms with van der Waals surface area (Å²) in [6.45, 7) is 6.02. The highest BCUT2D eigenvalue weighted by atomic mass is 16.7. The lowest BCUT2D eigenvalue weighted by Gasteiger charge is -2.15. The molecule has 4 aromatic rings. The van der Waals surface area contributed by atoms with Crippen LogP contribution in [0, 0.1) is 0 Å². The Morgan fingerprint density at radius 1 is 0.604 bits per heavy atom. The molecule has 2 aliphatic carbocycles. The molecule has 2 aliphatic rings. The van der Waals surface area contributed by atoms with E-state index in [1.54, 1.807) is 13.0 Å². The highest BCUT2D eigenvalue weighted by molar-refractivity contribution is 5.80. The minimum Gasteiger partial charge on any atom is -0.433 e. The van der Waals surface area contributed by atoms with E-state index in [0.29, 0.717) is 0 Å². The zero-order valence-corrected chi connectivity index (χ0v) is 27.6. The van der Waals surface area contributed by atoms with Gasteiger partial charge in [-0.3, -0.25) is 0 Å². The first-order valence-electron chi connectivity index (χ1n) is 16.4. The van der Waals surface area contributed by atoms with Gasteiger partial charge in [-0.05, 0) is 76.9 Å². The molecule has 0 heterocycles. The number of aliphatic hydroxyl groups excluding tert-OH is 1. The van der Waals surface area contributed by atoms with E-state index in [0.717, 1.165) is 6.42 Å². The van der Waals surface area contributed by atoms with Crippen LogP contribution in [-0.4, -0.2) is 49.4 Å². The molecule has 1 N–H and O–H groups in total. The van der Waals surface area contributed by atoms with Gasteiger partial charge in [-0.25, -0.2) is 9.59 Å². The largest absolute Gasteiger partial charge is 0.508 e. The van der Waals surface area contributed by atoms with Gasteiger partial charge >= 0.3 is 12.3 Å². The van der Waals surface area contributed by atoms with Gasteiger partial charge in [0.25, 0.3) is 0 Å². The smallest absolute Gasteiger partial charge is 0.433 e. The van der Waals surface area contributed by atoms with Crippen LogP contribution in [0.25, 0.3) is 22.3 Å². The van der Waals surface area contributed by atoms with Gasteiger partial charge in [0, 0.05) is 11.8 Å². The van der Waals surface area contributed by atoms with E-state index in [-0.39, 0.29) is 37.8 Å². The molecule has 0 saturated heterocycles. The van der Waals surface area contributed by atoms with E-state index in [1.165, 1.54) is 50.6 Å². The summed E-state index contributed by atoms with van der Waals surface area (Å²) in [6.07, 6.45) is 5.86. The van der Waals surface area contributed by atoms with Crippen molar-refractivity contribution >= 4 is 12.3 Å². The Kier molecular flexibility index (Phi) is 11.8. The van der Waals surface area contributed by atoms with Crippen LogP contribution >= 0.6 is 0 Å². The van der Waals surface area contributed by atoms with E-state index in [9.17, 15) is 9.59 Å². The summed E-state index contributed by atoms with van der Waals surface area (Å²) >= 11 is 0. The molecular formula is C41H42O7. The number of benzene rings is 4. The van der Waals surface area contributed by atoms with Crippen molar-refractivity contribution in [1.29, 1.82) is 0 Å². The summed E-state index contributed by atoms with van der Waals surface area (Å²) in [5.41, 5.74) is 9.54. The van der Waals surface area contributed by atoms with Gasteiger partial charge < -0.3 is 24.1 Å². The van der Waals surface area contributed by atoms with Crippen LogP contribution < -0.4 is 0 Å². The van der Waals surface area contributed by atoms with Crippen LogP contribution in [0.1, 0.15) is 61.3 Å². The van der Waals surface area contributed by atoms with Crippen LogP contribution in [0.4, 0.5) is 9.59 Å². The predicted molar refractivity (Wildman–Crippen MR) is 187 cm³/mol. The Hall–Kier alpha value is -5.14. The number of hydrogen-bond acceptors (Lipinski definition) is 7. The third kappa shape index (κ3) is 8.22. The van der Waals surface area contributed by atoms with Crippen molar-refractivity contribution in [2.45, 2.75) is 51.2 Å². The number of hydrogen-bond donors (Lipinski definition) is 1. The van der Waals surface area contributed by atoms with Gasteiger partial charge in [-0.15, -0.1) is 0 Å². The third-order valence-corrected chi connectivity index (χ3v) is 8.38. The zero-order chi connectivity index (χ0) is 33.9. The Morgan fingerprint density at radius 3 is 1.27 bits per heavy atom. The fraction of sp³-hybridized carbons (Fsp3) is 0.268. The lowest BCUT2D eigenvalue weighted by atomic mass is 9.98. The van der Waals surface area contributed by atoms with Crippen molar-refractivity contribution in [2.75, 3.05) is 19.8 Å². The average Bonchev–Trinajstić information content (AvgIpc) is 3.60. The molecule has 0 aromatic heterocycles. The summed E-state index contributed by atoms with van der Waals surface area (Å²) in [4.78, 5) is 23.8. The quantitative estimate of drug-likeness (QED) is 0.136. The van der Waals surface area contributed by atoms with Crippen LogP contribution in [0.3, 0.4) is 0 Å². The molecule has 0 radical (unpaired) electrons. The fourth-order valence-corrected chi connectivity index (χ4v) is 6.21. The lowest BCUT2D eigenvalue weighted by Crippen LogP contribution is -2.17. The van der Waals surface area contributed by atoms with E-state index < -0.39 is 18.4 Å². The molecule has 248 valence electrons. The minimum atomic E-state index is -0.702. The third-order valence-electron chi connectivity index (χ3n) is 8.38. The van der Waals surface area contributed by atoms with E-state index in [2.05, 4.69) is 48.5 Å². The second-order valence-electron chi connectivity index (χ2n) is 11.7. The molecular weight excluding hydrogens is 604 g/mol. The number of rotatable bonds is 10. The number of ether oxygens (including phenoxy) is 4. The Morgan fingerprint density at radius 2 is 0.938 bits per heavy atom. The summed E-state index contributed by atoms with van der Waals surface area (Å²) in [6, 6.07) is 32.9. The second kappa shape index (κ2) is 16.6. The van der Waals surface area contributed by atoms with Crippen molar-refractivity contribution in [3.05, 3.63) is 144 Å². The Bertz CT molecular complexity index is 1540. The van der Waals surface area contributed by atoms with Gasteiger partial charge in [0.2, 0.25) is 0 Å². The molecule has 0 fully saturated rings. The molecule has 0 saturated carbocycles. The average molecular weight is 647 g/mol. The van der Waals surface area contributed by atoms with Gasteiger partial charge in [0.05, 0.1) is 6.61 Å². The Labute approximate surface area is 282 Å². The zero-order valence-electron chi connectivity index (χ0n) is 27.6. The first-order chi connectivity index (χ1) is 23.4. The topological polar surface area (TPSA) is 91.3 Å². The number of allylic oxidation sites excluding steroid dienone is 1. The molecule has 0 aliphatic heterocycles. The van der Waals surface area contributed by atoms with Gasteiger partial charge in [-0.1, -0.05) is 116 Å². The highest BCUT2D eigenvalue weighted by Gasteiger charge is 2.30. The second-order valence-corrected chi connectivity index (χ2v) is 11.7. The van der Waals surface area contributed by atoms with Crippen molar-refractivity contribution in [3.63, 3.8) is 0 Å². The maximum atomic E-state index is 11.9. The Balaban J connectivity index is 0.000000188. The molecule has 7 heteroatoms. The maximum Gasteiger partial charge on any atom is 0.508 e. The minimum absolute atomic E-state index is 0.0215. The molecule has 7 nitrogen and oxygen atoms in total. The van der Waals surface area contributed by atoms with Crippen molar-refractivity contribution in [1.82, 2.24) is 0 Å². The molecule has 0 spiro atoms. The standard InChI is InChI=1S/C21H22O3.C20H20O4/c1-3-4-9-15(2)24-21(22)23-14-20-18-12-7-5-10-16(18)17-11-6-8-13-19(17)20;1-14(7-6-12-21)24-20(22)23-13-19-17-10-4-2-8-15(17)16-9-3-5-11-18(16)19/h4-13,15,20H,3,14H2,1-2H3;2-11,14,19,21H,12-13H2,1H3/b9-4-;7-6-/t15-;14-/m00/s1. The maximum absolute atomic E-state index is 11.9. The molecule has 6 rings (SSSR count). The number of fused-ring (bicyclic) bond motifs is 6. The van der Waals surface area contributed by atoms with Crippen molar-refractivity contribution < 1.29 is 33.6 Å². The number of carbonyl (C=O) groups is 2. The predicted octanol–water partition coefficient (Wildman–Crippen LogP) is 9.20. The lowest BCUT2D eigenvalue weighted by molar-refractivity contribution is 0.0391. The van der Waals surface area contributed by atoms with Gasteiger partial charge in [0.1, 0.15) is 25.4 Å². The molecule has 0 bridgehead atoms. The van der Waals surface area contributed by atoms with Crippen molar-refractivity contribution in [3.8, 4) is 22.3 Å². The SMILES string of the molecule is CC/C=C\[C@H](C)OC(=O)OCC1c2ccccc2-c2ccccc21.C[C@@H](/C=C\CO)OC(=O)OCC1c2ccccc2-c2ccccc21. The fourth-order valence-electron chi connectivity index (χ4n) is 6.21. The highest BCUT2D eigenvalue weighted by Crippen LogP contribution is 2.45. The summed E-state index contributed by atoms with van der Waals surface area (Å²) in [5, 5.41) is 8.72. The molecule has 0 amide bonds. The number of carbonyl (C=O) groups excluding carboxylic acids is 2. The van der Waals surface area contributed by atoms with Gasteiger partial charge in [0.15, 0.2) is 0 Å². The summed E-state index contributed by atoms with van der Waals surface area (Å²) < 4.78 is 21.1. The summed E-state index contributed by atoms with van der Waals surface area (Å²) in [5.74, 6) is 0.0830. The molecule has 4 aromatic carbocycles. The molecule has 2 atom stereocenters.